The number of nitrogens with two attached hydrogens (primary N) is 1. The second-order valence-corrected chi connectivity index (χ2v) is 8.39. The minimum atomic E-state index is -0.435. The number of primary amides is 1. The average Bonchev–Trinajstić information content (AvgIpc) is 2.58. The van der Waals surface area contributed by atoms with E-state index in [0.29, 0.717) is 27.9 Å². The van der Waals surface area contributed by atoms with E-state index in [1.807, 2.05) is 28.8 Å². The summed E-state index contributed by atoms with van der Waals surface area (Å²) in [6.45, 7) is 6.21. The Morgan fingerprint density at radius 1 is 1.32 bits per heavy atom. The van der Waals surface area contributed by atoms with Crippen LogP contribution in [0.1, 0.15) is 46.1 Å². The molecule has 2 N–H and O–H groups in total. The fourth-order valence-electron chi connectivity index (χ4n) is 3.64. The fourth-order valence-corrected chi connectivity index (χ4v) is 4.55. The SMILES string of the molecule is C[C@@H]1[C@@H](C)CCC[C@@H]1n1c(S[C@@H](C)C(N)=O)nc2ccccc2c1=O. The van der Waals surface area contributed by atoms with Crippen molar-refractivity contribution in [2.45, 2.75) is 56.5 Å². The predicted molar refractivity (Wildman–Crippen MR) is 102 cm³/mol. The molecule has 1 saturated carbocycles. The second kappa shape index (κ2) is 7.20. The van der Waals surface area contributed by atoms with Gasteiger partial charge in [0, 0.05) is 6.04 Å². The van der Waals surface area contributed by atoms with E-state index >= 15 is 0 Å². The summed E-state index contributed by atoms with van der Waals surface area (Å²) in [5.74, 6) is 0.546. The lowest BCUT2D eigenvalue weighted by Crippen LogP contribution is -2.36. The van der Waals surface area contributed by atoms with Crippen molar-refractivity contribution in [1.29, 1.82) is 0 Å². The molecular formula is C19H25N3O2S. The minimum Gasteiger partial charge on any atom is -0.369 e. The number of benzene rings is 1. The lowest BCUT2D eigenvalue weighted by molar-refractivity contribution is -0.117. The molecule has 2 aromatic rings. The number of rotatable bonds is 4. The Labute approximate surface area is 152 Å². The van der Waals surface area contributed by atoms with Gasteiger partial charge in [0.05, 0.1) is 16.2 Å². The van der Waals surface area contributed by atoms with Gasteiger partial charge in [-0.3, -0.25) is 14.2 Å². The molecule has 1 aromatic carbocycles. The molecule has 1 aliphatic carbocycles. The third-order valence-corrected chi connectivity index (χ3v) is 6.54. The van der Waals surface area contributed by atoms with E-state index in [4.69, 9.17) is 10.7 Å². The minimum absolute atomic E-state index is 0.0179. The quantitative estimate of drug-likeness (QED) is 0.671. The van der Waals surface area contributed by atoms with Crippen molar-refractivity contribution >= 4 is 28.6 Å². The highest BCUT2D eigenvalue weighted by atomic mass is 32.2. The highest BCUT2D eigenvalue weighted by Gasteiger charge is 2.32. The third-order valence-electron chi connectivity index (χ3n) is 5.45. The standard InChI is InChI=1S/C19H25N3O2S/c1-11-7-6-10-16(12(11)2)22-18(24)14-8-4-5-9-15(14)21-19(22)25-13(3)17(20)23/h4-5,8-9,11-13,16H,6-7,10H2,1-3H3,(H2,20,23)/t11-,12+,13-,16-/m0/s1. The first-order valence-corrected chi connectivity index (χ1v) is 9.75. The van der Waals surface area contributed by atoms with Gasteiger partial charge in [0.25, 0.3) is 5.56 Å². The summed E-state index contributed by atoms with van der Waals surface area (Å²) in [5, 5.41) is 0.792. The molecule has 134 valence electrons. The maximum atomic E-state index is 13.2. The first kappa shape index (κ1) is 18.0. The van der Waals surface area contributed by atoms with Crippen molar-refractivity contribution in [2.75, 3.05) is 0 Å². The van der Waals surface area contributed by atoms with E-state index in [-0.39, 0.29) is 11.6 Å². The van der Waals surface area contributed by atoms with Gasteiger partial charge in [0.15, 0.2) is 5.16 Å². The van der Waals surface area contributed by atoms with Gasteiger partial charge in [0.2, 0.25) is 5.91 Å². The first-order chi connectivity index (χ1) is 11.9. The molecule has 0 bridgehead atoms. The average molecular weight is 359 g/mol. The van der Waals surface area contributed by atoms with Crippen molar-refractivity contribution in [2.24, 2.45) is 17.6 Å². The van der Waals surface area contributed by atoms with Crippen LogP contribution >= 0.6 is 11.8 Å². The number of thioether (sulfide) groups is 1. The molecule has 1 aliphatic rings. The maximum absolute atomic E-state index is 13.2. The van der Waals surface area contributed by atoms with Crippen LogP contribution < -0.4 is 11.3 Å². The van der Waals surface area contributed by atoms with E-state index in [2.05, 4.69) is 13.8 Å². The van der Waals surface area contributed by atoms with Crippen LogP contribution in [0.4, 0.5) is 0 Å². The van der Waals surface area contributed by atoms with Crippen molar-refractivity contribution < 1.29 is 4.79 Å². The summed E-state index contributed by atoms with van der Waals surface area (Å²) in [6.07, 6.45) is 3.25. The van der Waals surface area contributed by atoms with E-state index in [1.54, 1.807) is 6.92 Å². The number of nitrogens with zero attached hydrogens (tertiary/aromatic N) is 2. The molecule has 0 radical (unpaired) electrons. The molecular weight excluding hydrogens is 334 g/mol. The number of amides is 1. The number of hydrogen-bond donors (Lipinski definition) is 1. The van der Waals surface area contributed by atoms with Crippen LogP contribution in [-0.4, -0.2) is 20.7 Å². The van der Waals surface area contributed by atoms with Crippen LogP contribution in [0.5, 0.6) is 0 Å². The smallest absolute Gasteiger partial charge is 0.262 e. The van der Waals surface area contributed by atoms with Crippen LogP contribution in [0, 0.1) is 11.8 Å². The monoisotopic (exact) mass is 359 g/mol. The molecule has 6 heteroatoms. The molecule has 1 aromatic heterocycles. The Kier molecular flexibility index (Phi) is 5.18. The summed E-state index contributed by atoms with van der Waals surface area (Å²) in [4.78, 5) is 29.5. The molecule has 1 heterocycles. The summed E-state index contributed by atoms with van der Waals surface area (Å²) in [6, 6.07) is 7.51. The van der Waals surface area contributed by atoms with Gasteiger partial charge >= 0.3 is 0 Å². The molecule has 1 fully saturated rings. The van der Waals surface area contributed by atoms with Crippen LogP contribution in [-0.2, 0) is 4.79 Å². The van der Waals surface area contributed by atoms with E-state index in [0.717, 1.165) is 12.8 Å². The summed E-state index contributed by atoms with van der Waals surface area (Å²) >= 11 is 1.28. The van der Waals surface area contributed by atoms with E-state index in [9.17, 15) is 9.59 Å². The predicted octanol–water partition coefficient (Wildman–Crippen LogP) is 3.36. The Morgan fingerprint density at radius 3 is 2.76 bits per heavy atom. The lowest BCUT2D eigenvalue weighted by Gasteiger charge is -2.36. The zero-order valence-corrected chi connectivity index (χ0v) is 15.8. The van der Waals surface area contributed by atoms with Crippen molar-refractivity contribution in [3.8, 4) is 0 Å². The van der Waals surface area contributed by atoms with E-state index < -0.39 is 11.2 Å². The number of hydrogen-bond acceptors (Lipinski definition) is 4. The number of para-hydroxylation sites is 1. The zero-order valence-electron chi connectivity index (χ0n) is 14.9. The van der Waals surface area contributed by atoms with Crippen molar-refractivity contribution in [1.82, 2.24) is 9.55 Å². The molecule has 0 spiro atoms. The van der Waals surface area contributed by atoms with Gasteiger partial charge in [0.1, 0.15) is 0 Å². The molecule has 4 atom stereocenters. The van der Waals surface area contributed by atoms with Gasteiger partial charge in [-0.2, -0.15) is 0 Å². The molecule has 0 saturated heterocycles. The molecule has 1 amide bonds. The van der Waals surface area contributed by atoms with Gasteiger partial charge in [-0.1, -0.05) is 50.6 Å². The highest BCUT2D eigenvalue weighted by Crippen LogP contribution is 2.39. The van der Waals surface area contributed by atoms with Crippen LogP contribution in [0.3, 0.4) is 0 Å². The number of carbonyl (C=O) groups excluding carboxylic acids is 1. The lowest BCUT2D eigenvalue weighted by atomic mass is 9.78. The Morgan fingerprint density at radius 2 is 2.04 bits per heavy atom. The van der Waals surface area contributed by atoms with Crippen LogP contribution in [0.15, 0.2) is 34.2 Å². The number of fused-ring (bicyclic) bond motifs is 1. The van der Waals surface area contributed by atoms with Crippen LogP contribution in [0.25, 0.3) is 10.9 Å². The van der Waals surface area contributed by atoms with Gasteiger partial charge in [-0.05, 0) is 37.3 Å². The normalized spacial score (nSPS) is 25.0. The number of carbonyl (C=O) groups is 1. The Hall–Kier alpha value is -1.82. The topological polar surface area (TPSA) is 78.0 Å². The van der Waals surface area contributed by atoms with Crippen molar-refractivity contribution in [3.63, 3.8) is 0 Å². The zero-order chi connectivity index (χ0) is 18.1. The van der Waals surface area contributed by atoms with E-state index in [1.165, 1.54) is 18.2 Å². The molecule has 0 unspecified atom stereocenters. The third kappa shape index (κ3) is 3.45. The number of aromatic nitrogens is 2. The fraction of sp³-hybridized carbons (Fsp3) is 0.526. The largest absolute Gasteiger partial charge is 0.369 e. The summed E-state index contributed by atoms with van der Waals surface area (Å²) in [5.41, 5.74) is 6.09. The summed E-state index contributed by atoms with van der Waals surface area (Å²) < 4.78 is 1.83. The maximum Gasteiger partial charge on any atom is 0.262 e. The van der Waals surface area contributed by atoms with Crippen molar-refractivity contribution in [3.05, 3.63) is 34.6 Å². The van der Waals surface area contributed by atoms with Gasteiger partial charge in [-0.15, -0.1) is 0 Å². The molecule has 0 aliphatic heterocycles. The molecule has 5 nitrogen and oxygen atoms in total. The van der Waals surface area contributed by atoms with Crippen LogP contribution in [0.2, 0.25) is 0 Å². The Balaban J connectivity index is 2.18. The Bertz CT molecular complexity index is 848. The molecule has 3 rings (SSSR count). The van der Waals surface area contributed by atoms with Gasteiger partial charge in [-0.25, -0.2) is 4.98 Å². The summed E-state index contributed by atoms with van der Waals surface area (Å²) in [7, 11) is 0. The second-order valence-electron chi connectivity index (χ2n) is 7.08. The van der Waals surface area contributed by atoms with Gasteiger partial charge < -0.3 is 5.73 Å². The first-order valence-electron chi connectivity index (χ1n) is 8.87. The highest BCUT2D eigenvalue weighted by molar-refractivity contribution is 8.00. The molecule has 25 heavy (non-hydrogen) atoms.